The summed E-state index contributed by atoms with van der Waals surface area (Å²) in [7, 11) is 0. The molecule has 18 heavy (non-hydrogen) atoms. The second kappa shape index (κ2) is 4.84. The quantitative estimate of drug-likeness (QED) is 0.762. The molecule has 2 amide bonds. The van der Waals surface area contributed by atoms with Gasteiger partial charge in [0.05, 0.1) is 10.6 Å². The minimum atomic E-state index is -0.671. The molecule has 0 aliphatic rings. The number of primary amides is 1. The van der Waals surface area contributed by atoms with Gasteiger partial charge >= 0.3 is 0 Å². The van der Waals surface area contributed by atoms with Crippen molar-refractivity contribution in [2.24, 2.45) is 5.73 Å². The van der Waals surface area contributed by atoms with E-state index in [9.17, 15) is 9.59 Å². The fourth-order valence-corrected chi connectivity index (χ4v) is 1.51. The van der Waals surface area contributed by atoms with Crippen molar-refractivity contribution in [2.45, 2.75) is 0 Å². The SMILES string of the molecule is NC(=O)c1cc(NC(=O)c2ncn[nH]2)ccc1Cl. The number of rotatable bonds is 3. The van der Waals surface area contributed by atoms with Gasteiger partial charge in [0.15, 0.2) is 0 Å². The number of benzene rings is 1. The molecule has 2 aromatic rings. The molecule has 1 heterocycles. The standard InChI is InChI=1S/C10H8ClN5O2/c11-7-2-1-5(3-6(7)8(12)17)15-10(18)9-13-4-14-16-9/h1-4H,(H2,12,17)(H,15,18)(H,13,14,16). The molecule has 0 fully saturated rings. The smallest absolute Gasteiger partial charge is 0.292 e. The van der Waals surface area contributed by atoms with Crippen LogP contribution in [0.2, 0.25) is 5.02 Å². The second-order valence-corrected chi connectivity index (χ2v) is 3.75. The van der Waals surface area contributed by atoms with E-state index in [1.807, 2.05) is 0 Å². The number of carbonyl (C=O) groups excluding carboxylic acids is 2. The third kappa shape index (κ3) is 2.46. The average Bonchev–Trinajstić information content (AvgIpc) is 2.85. The zero-order valence-corrected chi connectivity index (χ0v) is 9.73. The van der Waals surface area contributed by atoms with Gasteiger partial charge < -0.3 is 11.1 Å². The van der Waals surface area contributed by atoms with Crippen molar-refractivity contribution >= 4 is 29.1 Å². The molecule has 1 aromatic carbocycles. The Balaban J connectivity index is 2.22. The summed E-state index contributed by atoms with van der Waals surface area (Å²) in [6.07, 6.45) is 1.21. The van der Waals surface area contributed by atoms with Crippen molar-refractivity contribution in [3.8, 4) is 0 Å². The van der Waals surface area contributed by atoms with Crippen LogP contribution in [-0.4, -0.2) is 27.0 Å². The summed E-state index contributed by atoms with van der Waals surface area (Å²) < 4.78 is 0. The molecule has 4 N–H and O–H groups in total. The highest BCUT2D eigenvalue weighted by Crippen LogP contribution is 2.20. The first-order chi connectivity index (χ1) is 8.58. The molecule has 0 spiro atoms. The van der Waals surface area contributed by atoms with E-state index in [0.29, 0.717) is 5.69 Å². The van der Waals surface area contributed by atoms with Gasteiger partial charge in [-0.05, 0) is 18.2 Å². The van der Waals surface area contributed by atoms with Gasteiger partial charge in [-0.3, -0.25) is 14.7 Å². The fraction of sp³-hybridized carbons (Fsp3) is 0. The van der Waals surface area contributed by atoms with Crippen molar-refractivity contribution in [3.63, 3.8) is 0 Å². The molecule has 8 heteroatoms. The van der Waals surface area contributed by atoms with Crippen LogP contribution in [0.3, 0.4) is 0 Å². The molecule has 7 nitrogen and oxygen atoms in total. The molecule has 0 atom stereocenters. The molecule has 92 valence electrons. The van der Waals surface area contributed by atoms with E-state index in [0.717, 1.165) is 0 Å². The first-order valence-electron chi connectivity index (χ1n) is 4.84. The van der Waals surface area contributed by atoms with Gasteiger partial charge in [-0.25, -0.2) is 4.98 Å². The summed E-state index contributed by atoms with van der Waals surface area (Å²) in [5.74, 6) is -1.09. The van der Waals surface area contributed by atoms with E-state index in [4.69, 9.17) is 17.3 Å². The summed E-state index contributed by atoms with van der Waals surface area (Å²) in [5, 5.41) is 8.72. The van der Waals surface area contributed by atoms with Crippen LogP contribution >= 0.6 is 11.6 Å². The molecule has 0 aliphatic carbocycles. The van der Waals surface area contributed by atoms with Crippen LogP contribution in [-0.2, 0) is 0 Å². The third-order valence-electron chi connectivity index (χ3n) is 2.12. The summed E-state index contributed by atoms with van der Waals surface area (Å²) in [5.41, 5.74) is 5.66. The highest BCUT2D eigenvalue weighted by atomic mass is 35.5. The van der Waals surface area contributed by atoms with Crippen molar-refractivity contribution in [3.05, 3.63) is 40.9 Å². The molecule has 1 aromatic heterocycles. The number of aromatic nitrogens is 3. The zero-order valence-electron chi connectivity index (χ0n) is 8.98. The molecule has 0 saturated heterocycles. The zero-order chi connectivity index (χ0) is 13.1. The summed E-state index contributed by atoms with van der Waals surface area (Å²) in [6, 6.07) is 4.40. The molecule has 0 bridgehead atoms. The predicted octanol–water partition coefficient (Wildman–Crippen LogP) is 0.809. The van der Waals surface area contributed by atoms with Crippen LogP contribution in [0.5, 0.6) is 0 Å². The Labute approximate surface area is 106 Å². The number of H-pyrrole nitrogens is 1. The maximum absolute atomic E-state index is 11.6. The normalized spacial score (nSPS) is 10.1. The van der Waals surface area contributed by atoms with E-state index < -0.39 is 11.8 Å². The van der Waals surface area contributed by atoms with E-state index in [2.05, 4.69) is 20.5 Å². The van der Waals surface area contributed by atoms with E-state index in [1.54, 1.807) is 6.07 Å². The van der Waals surface area contributed by atoms with Gasteiger partial charge in [-0.1, -0.05) is 11.6 Å². The Morgan fingerprint density at radius 2 is 2.17 bits per heavy atom. The third-order valence-corrected chi connectivity index (χ3v) is 2.45. The maximum atomic E-state index is 11.6. The topological polar surface area (TPSA) is 114 Å². The lowest BCUT2D eigenvalue weighted by Crippen LogP contribution is -2.16. The number of aromatic amines is 1. The Kier molecular flexibility index (Phi) is 3.24. The van der Waals surface area contributed by atoms with Crippen molar-refractivity contribution in [1.29, 1.82) is 0 Å². The number of halogens is 1. The molecule has 0 saturated carbocycles. The van der Waals surface area contributed by atoms with Gasteiger partial charge in [0.1, 0.15) is 6.33 Å². The molecule has 0 radical (unpaired) electrons. The van der Waals surface area contributed by atoms with Crippen molar-refractivity contribution in [1.82, 2.24) is 15.2 Å². The van der Waals surface area contributed by atoms with E-state index >= 15 is 0 Å². The number of nitrogens with two attached hydrogens (primary N) is 1. The van der Waals surface area contributed by atoms with Crippen LogP contribution in [0.25, 0.3) is 0 Å². The fourth-order valence-electron chi connectivity index (χ4n) is 1.30. The lowest BCUT2D eigenvalue weighted by Gasteiger charge is -2.05. The van der Waals surface area contributed by atoms with Gasteiger partial charge in [-0.15, -0.1) is 0 Å². The Bertz CT molecular complexity index is 596. The van der Waals surface area contributed by atoms with Crippen LogP contribution in [0.15, 0.2) is 24.5 Å². The van der Waals surface area contributed by atoms with Crippen molar-refractivity contribution < 1.29 is 9.59 Å². The monoisotopic (exact) mass is 265 g/mol. The van der Waals surface area contributed by atoms with Gasteiger partial charge in [0.25, 0.3) is 5.91 Å². The van der Waals surface area contributed by atoms with Gasteiger partial charge in [0, 0.05) is 5.69 Å². The number of hydrogen-bond acceptors (Lipinski definition) is 4. The Morgan fingerprint density at radius 3 is 2.78 bits per heavy atom. The number of nitrogens with one attached hydrogen (secondary N) is 2. The van der Waals surface area contributed by atoms with Crippen LogP contribution in [0, 0.1) is 0 Å². The first-order valence-corrected chi connectivity index (χ1v) is 5.22. The number of anilines is 1. The largest absolute Gasteiger partial charge is 0.366 e. The van der Waals surface area contributed by atoms with Gasteiger partial charge in [0.2, 0.25) is 11.7 Å². The minimum absolute atomic E-state index is 0.0607. The van der Waals surface area contributed by atoms with Crippen LogP contribution < -0.4 is 11.1 Å². The lowest BCUT2D eigenvalue weighted by molar-refractivity contribution is 0.0994. The highest BCUT2D eigenvalue weighted by molar-refractivity contribution is 6.34. The molecular formula is C10H8ClN5O2. The van der Waals surface area contributed by atoms with Crippen LogP contribution in [0.1, 0.15) is 21.0 Å². The van der Waals surface area contributed by atoms with Crippen LogP contribution in [0.4, 0.5) is 5.69 Å². The number of carbonyl (C=O) groups is 2. The molecular weight excluding hydrogens is 258 g/mol. The number of amides is 2. The van der Waals surface area contributed by atoms with E-state index in [-0.39, 0.29) is 16.4 Å². The number of hydrogen-bond donors (Lipinski definition) is 3. The minimum Gasteiger partial charge on any atom is -0.366 e. The molecule has 2 rings (SSSR count). The lowest BCUT2D eigenvalue weighted by atomic mass is 10.2. The summed E-state index contributed by atoms with van der Waals surface area (Å²) >= 11 is 5.79. The maximum Gasteiger partial charge on any atom is 0.292 e. The summed E-state index contributed by atoms with van der Waals surface area (Å²) in [6.45, 7) is 0. The Morgan fingerprint density at radius 1 is 1.39 bits per heavy atom. The average molecular weight is 266 g/mol. The van der Waals surface area contributed by atoms with Gasteiger partial charge in [-0.2, -0.15) is 5.10 Å². The predicted molar refractivity (Wildman–Crippen MR) is 64.3 cm³/mol. The second-order valence-electron chi connectivity index (χ2n) is 3.35. The molecule has 0 aliphatic heterocycles. The first kappa shape index (κ1) is 12.1. The van der Waals surface area contributed by atoms with E-state index in [1.165, 1.54) is 18.5 Å². The highest BCUT2D eigenvalue weighted by Gasteiger charge is 2.12. The van der Waals surface area contributed by atoms with Crippen molar-refractivity contribution in [2.75, 3.05) is 5.32 Å². The number of nitrogens with zero attached hydrogens (tertiary/aromatic N) is 2. The summed E-state index contributed by atoms with van der Waals surface area (Å²) in [4.78, 5) is 26.4. The molecule has 0 unspecified atom stereocenters. The Hall–Kier alpha value is -2.41.